The Hall–Kier alpha value is -1.79. The van der Waals surface area contributed by atoms with Gasteiger partial charge in [-0.15, -0.1) is 0 Å². The summed E-state index contributed by atoms with van der Waals surface area (Å²) in [5.41, 5.74) is 0.897. The van der Waals surface area contributed by atoms with Crippen LogP contribution in [0.3, 0.4) is 0 Å². The molecule has 0 saturated carbocycles. The molecule has 0 radical (unpaired) electrons. The van der Waals surface area contributed by atoms with Crippen molar-refractivity contribution in [2.75, 3.05) is 19.0 Å². The quantitative estimate of drug-likeness (QED) is 0.709. The molecule has 0 bridgehead atoms. The van der Waals surface area contributed by atoms with E-state index in [2.05, 4.69) is 10.3 Å². The lowest BCUT2D eigenvalue weighted by molar-refractivity contribution is 0.180. The first-order valence-corrected chi connectivity index (χ1v) is 6.31. The van der Waals surface area contributed by atoms with Gasteiger partial charge in [0.15, 0.2) is 0 Å². The Morgan fingerprint density at radius 2 is 2.37 bits per heavy atom. The third-order valence-corrected chi connectivity index (χ3v) is 2.82. The minimum Gasteiger partial charge on any atom is -0.497 e. The van der Waals surface area contributed by atoms with Gasteiger partial charge in [-0.05, 0) is 24.4 Å². The Bertz CT molecular complexity index is 579. The molecule has 2 rings (SSSR count). The summed E-state index contributed by atoms with van der Waals surface area (Å²) in [5, 5.41) is 13.0. The number of aromatic amines is 1. The molecule has 1 heterocycles. The Morgan fingerprint density at radius 3 is 3.05 bits per heavy atom. The summed E-state index contributed by atoms with van der Waals surface area (Å²) in [5.74, 6) is 1.42. The van der Waals surface area contributed by atoms with Crippen LogP contribution in [0.25, 0.3) is 0 Å². The predicted octanol–water partition coefficient (Wildman–Crippen LogP) is 2.36. The molecule has 0 saturated heterocycles. The predicted molar refractivity (Wildman–Crippen MR) is 75.1 cm³/mol. The van der Waals surface area contributed by atoms with Crippen LogP contribution >= 0.6 is 12.2 Å². The molecular weight excluding hydrogens is 264 g/mol. The number of oxazole rings is 1. The highest BCUT2D eigenvalue weighted by Crippen LogP contribution is 2.16. The standard InChI is InChI=1S/C13H16N2O3S/c1-17-11-4-2-3-9(5-11)14-7-10(16)6-12-8-15-13(19)18-12/h2-5,8,10,14,16H,6-7H2,1H3,(H,15,19). The van der Waals surface area contributed by atoms with Gasteiger partial charge in [-0.25, -0.2) is 0 Å². The van der Waals surface area contributed by atoms with E-state index in [9.17, 15) is 5.11 Å². The first-order valence-electron chi connectivity index (χ1n) is 5.91. The third kappa shape index (κ3) is 4.11. The summed E-state index contributed by atoms with van der Waals surface area (Å²) in [4.78, 5) is 3.09. The zero-order valence-electron chi connectivity index (χ0n) is 10.6. The second-order valence-electron chi connectivity index (χ2n) is 4.12. The van der Waals surface area contributed by atoms with Crippen molar-refractivity contribution in [3.8, 4) is 5.75 Å². The van der Waals surface area contributed by atoms with Crippen LogP contribution in [0, 0.1) is 4.84 Å². The van der Waals surface area contributed by atoms with Crippen LogP contribution in [0.1, 0.15) is 5.76 Å². The summed E-state index contributed by atoms with van der Waals surface area (Å²) >= 11 is 4.82. The van der Waals surface area contributed by atoms with Crippen LogP contribution in [0.5, 0.6) is 5.75 Å². The van der Waals surface area contributed by atoms with Crippen LogP contribution in [0.4, 0.5) is 5.69 Å². The zero-order valence-corrected chi connectivity index (χ0v) is 11.4. The Labute approximate surface area is 116 Å². The van der Waals surface area contributed by atoms with Crippen molar-refractivity contribution in [2.45, 2.75) is 12.5 Å². The third-order valence-electron chi connectivity index (χ3n) is 2.62. The molecule has 1 aromatic carbocycles. The van der Waals surface area contributed by atoms with E-state index in [-0.39, 0.29) is 0 Å². The van der Waals surface area contributed by atoms with Gasteiger partial charge in [0.05, 0.1) is 13.2 Å². The number of anilines is 1. The van der Waals surface area contributed by atoms with Gasteiger partial charge in [0.25, 0.3) is 4.84 Å². The highest BCUT2D eigenvalue weighted by atomic mass is 32.1. The van der Waals surface area contributed by atoms with Gasteiger partial charge >= 0.3 is 0 Å². The molecule has 1 atom stereocenters. The van der Waals surface area contributed by atoms with E-state index in [4.69, 9.17) is 21.4 Å². The lowest BCUT2D eigenvalue weighted by Crippen LogP contribution is -2.21. The second-order valence-corrected chi connectivity index (χ2v) is 4.49. The number of nitrogens with one attached hydrogen (secondary N) is 2. The summed E-state index contributed by atoms with van der Waals surface area (Å²) in [6.45, 7) is 0.417. The average Bonchev–Trinajstić information content (AvgIpc) is 2.82. The first-order chi connectivity index (χ1) is 9.17. The molecule has 19 heavy (non-hydrogen) atoms. The summed E-state index contributed by atoms with van der Waals surface area (Å²) in [6.07, 6.45) is 1.52. The van der Waals surface area contributed by atoms with Gasteiger partial charge < -0.3 is 24.6 Å². The minimum absolute atomic E-state index is 0.322. The highest BCUT2D eigenvalue weighted by Gasteiger charge is 2.08. The van der Waals surface area contributed by atoms with Gasteiger partial charge in [-0.1, -0.05) is 6.07 Å². The minimum atomic E-state index is -0.555. The maximum Gasteiger partial charge on any atom is 0.266 e. The van der Waals surface area contributed by atoms with E-state index < -0.39 is 6.10 Å². The SMILES string of the molecule is COc1cccc(NCC(O)Cc2c[nH]c(=S)o2)c1. The van der Waals surface area contributed by atoms with Gasteiger partial charge in [0.2, 0.25) is 0 Å². The number of ether oxygens (including phenoxy) is 1. The summed E-state index contributed by atoms with van der Waals surface area (Å²) < 4.78 is 10.3. The molecule has 1 aromatic heterocycles. The molecular formula is C13H16N2O3S. The number of hydrogen-bond donors (Lipinski definition) is 3. The van der Waals surface area contributed by atoms with Crippen molar-refractivity contribution in [2.24, 2.45) is 0 Å². The molecule has 3 N–H and O–H groups in total. The number of rotatable bonds is 6. The van der Waals surface area contributed by atoms with Crippen molar-refractivity contribution >= 4 is 17.9 Å². The Balaban J connectivity index is 1.85. The lowest BCUT2D eigenvalue weighted by atomic mass is 10.2. The van der Waals surface area contributed by atoms with Crippen LogP contribution in [0.2, 0.25) is 0 Å². The normalized spacial score (nSPS) is 12.1. The molecule has 5 nitrogen and oxygen atoms in total. The van der Waals surface area contributed by atoms with Crippen molar-refractivity contribution in [1.29, 1.82) is 0 Å². The van der Waals surface area contributed by atoms with Gasteiger partial charge in [-0.2, -0.15) is 0 Å². The van der Waals surface area contributed by atoms with E-state index in [1.165, 1.54) is 0 Å². The summed E-state index contributed by atoms with van der Waals surface area (Å²) in [7, 11) is 1.62. The number of aromatic nitrogens is 1. The number of benzene rings is 1. The number of hydrogen-bond acceptors (Lipinski definition) is 5. The molecule has 102 valence electrons. The molecule has 0 aliphatic carbocycles. The van der Waals surface area contributed by atoms with Crippen molar-refractivity contribution in [3.63, 3.8) is 0 Å². The highest BCUT2D eigenvalue weighted by molar-refractivity contribution is 7.71. The molecule has 2 aromatic rings. The molecule has 0 amide bonds. The fraction of sp³-hybridized carbons (Fsp3) is 0.308. The largest absolute Gasteiger partial charge is 0.497 e. The smallest absolute Gasteiger partial charge is 0.266 e. The number of H-pyrrole nitrogens is 1. The van der Waals surface area contributed by atoms with Gasteiger partial charge in [-0.3, -0.25) is 0 Å². The number of aliphatic hydroxyl groups excluding tert-OH is 1. The van der Waals surface area contributed by atoms with Crippen LogP contribution < -0.4 is 10.1 Å². The van der Waals surface area contributed by atoms with Crippen LogP contribution in [-0.2, 0) is 6.42 Å². The maximum absolute atomic E-state index is 9.90. The summed E-state index contributed by atoms with van der Waals surface area (Å²) in [6, 6.07) is 7.54. The number of methoxy groups -OCH3 is 1. The lowest BCUT2D eigenvalue weighted by Gasteiger charge is -2.12. The van der Waals surface area contributed by atoms with E-state index in [0.29, 0.717) is 23.6 Å². The fourth-order valence-corrected chi connectivity index (χ4v) is 1.86. The van der Waals surface area contributed by atoms with Gasteiger partial charge in [0.1, 0.15) is 11.5 Å². The molecule has 6 heteroatoms. The molecule has 0 aliphatic rings. The molecule has 1 unspecified atom stereocenters. The average molecular weight is 280 g/mol. The second kappa shape index (κ2) is 6.40. The van der Waals surface area contributed by atoms with E-state index in [1.54, 1.807) is 13.3 Å². The number of aliphatic hydroxyl groups is 1. The molecule has 0 spiro atoms. The van der Waals surface area contributed by atoms with Crippen molar-refractivity contribution in [3.05, 3.63) is 41.1 Å². The zero-order chi connectivity index (χ0) is 13.7. The fourth-order valence-electron chi connectivity index (χ4n) is 1.69. The Kier molecular flexibility index (Phi) is 4.59. The van der Waals surface area contributed by atoms with Crippen molar-refractivity contribution in [1.82, 2.24) is 4.98 Å². The first kappa shape index (κ1) is 13.6. The van der Waals surface area contributed by atoms with Crippen molar-refractivity contribution < 1.29 is 14.3 Å². The van der Waals surface area contributed by atoms with Crippen LogP contribution in [-0.4, -0.2) is 29.8 Å². The van der Waals surface area contributed by atoms with E-state index >= 15 is 0 Å². The monoisotopic (exact) mass is 280 g/mol. The molecule has 0 aliphatic heterocycles. The van der Waals surface area contributed by atoms with E-state index in [0.717, 1.165) is 11.4 Å². The van der Waals surface area contributed by atoms with Gasteiger partial charge in [0, 0.05) is 30.9 Å². The molecule has 0 fully saturated rings. The maximum atomic E-state index is 9.90. The van der Waals surface area contributed by atoms with Crippen LogP contribution in [0.15, 0.2) is 34.9 Å². The topological polar surface area (TPSA) is 70.4 Å². The Morgan fingerprint density at radius 1 is 1.53 bits per heavy atom. The van der Waals surface area contributed by atoms with E-state index in [1.807, 2.05) is 24.3 Å².